The van der Waals surface area contributed by atoms with Gasteiger partial charge in [-0.25, -0.2) is 9.78 Å². The molecule has 4 heterocycles. The van der Waals surface area contributed by atoms with Crippen molar-refractivity contribution in [3.8, 4) is 0 Å². The van der Waals surface area contributed by atoms with Gasteiger partial charge in [-0.1, -0.05) is 12.1 Å². The minimum Gasteiger partial charge on any atom is -0.337 e. The van der Waals surface area contributed by atoms with Crippen molar-refractivity contribution in [3.63, 3.8) is 0 Å². The van der Waals surface area contributed by atoms with Gasteiger partial charge in [0, 0.05) is 23.7 Å². The van der Waals surface area contributed by atoms with E-state index >= 15 is 0 Å². The minimum absolute atomic E-state index is 0.00292. The van der Waals surface area contributed by atoms with Gasteiger partial charge in [0.05, 0.1) is 12.2 Å². The Morgan fingerprint density at radius 2 is 2.00 bits per heavy atom. The normalized spacial score (nSPS) is 14.7. The molecular weight excluding hydrogens is 415 g/mol. The third kappa shape index (κ3) is 4.43. The Morgan fingerprint density at radius 1 is 1.17 bits per heavy atom. The molecule has 0 aliphatic carbocycles. The van der Waals surface area contributed by atoms with Crippen LogP contribution in [0, 0.1) is 6.92 Å². The zero-order valence-corrected chi connectivity index (χ0v) is 16.9. The summed E-state index contributed by atoms with van der Waals surface area (Å²) in [6.45, 7) is 3.14. The summed E-state index contributed by atoms with van der Waals surface area (Å²) in [4.78, 5) is 26.8. The van der Waals surface area contributed by atoms with E-state index in [-0.39, 0.29) is 6.54 Å². The maximum atomic E-state index is 12.7. The zero-order chi connectivity index (χ0) is 21.3. The van der Waals surface area contributed by atoms with Gasteiger partial charge in [-0.05, 0) is 43.2 Å². The molecule has 6 nitrogen and oxygen atoms in total. The van der Waals surface area contributed by atoms with E-state index in [1.54, 1.807) is 0 Å². The molecule has 1 aliphatic heterocycles. The second-order valence-corrected chi connectivity index (χ2v) is 8.09. The molecule has 1 aliphatic rings. The molecule has 4 rings (SSSR count). The van der Waals surface area contributed by atoms with E-state index in [1.165, 1.54) is 17.0 Å². The first kappa shape index (κ1) is 20.3. The van der Waals surface area contributed by atoms with Gasteiger partial charge in [0.2, 0.25) is 5.95 Å². The lowest BCUT2D eigenvalue weighted by Crippen LogP contribution is -2.34. The van der Waals surface area contributed by atoms with Crippen LogP contribution in [0.3, 0.4) is 0 Å². The SMILES string of the molecule is Cc1cccc(C2=CCN(c3ncn(Cc4ccc(C(F)(F)F)s4)c(=O)n3)CC2)n1. The number of halogens is 3. The first-order valence-corrected chi connectivity index (χ1v) is 10.1. The van der Waals surface area contributed by atoms with Crippen molar-refractivity contribution >= 4 is 22.9 Å². The lowest BCUT2D eigenvalue weighted by molar-refractivity contribution is -0.134. The van der Waals surface area contributed by atoms with Crippen LogP contribution < -0.4 is 10.6 Å². The quantitative estimate of drug-likeness (QED) is 0.627. The Kier molecular flexibility index (Phi) is 5.42. The van der Waals surface area contributed by atoms with Gasteiger partial charge in [-0.3, -0.25) is 9.55 Å². The molecular formula is C20H18F3N5OS. The predicted octanol–water partition coefficient (Wildman–Crippen LogP) is 3.76. The third-order valence-electron chi connectivity index (χ3n) is 4.73. The summed E-state index contributed by atoms with van der Waals surface area (Å²) >= 11 is 0.610. The van der Waals surface area contributed by atoms with Gasteiger partial charge in [0.1, 0.15) is 11.2 Å². The molecule has 0 saturated heterocycles. The van der Waals surface area contributed by atoms with Gasteiger partial charge in [-0.15, -0.1) is 11.3 Å². The van der Waals surface area contributed by atoms with Crippen molar-refractivity contribution in [2.24, 2.45) is 0 Å². The third-order valence-corrected chi connectivity index (χ3v) is 5.85. The number of hydrogen-bond acceptors (Lipinski definition) is 6. The van der Waals surface area contributed by atoms with Crippen LogP contribution in [0.2, 0.25) is 0 Å². The smallest absolute Gasteiger partial charge is 0.337 e. The monoisotopic (exact) mass is 433 g/mol. The van der Waals surface area contributed by atoms with Crippen LogP contribution in [0.15, 0.2) is 47.5 Å². The molecule has 0 spiro atoms. The largest absolute Gasteiger partial charge is 0.425 e. The summed E-state index contributed by atoms with van der Waals surface area (Å²) in [6, 6.07) is 8.27. The van der Waals surface area contributed by atoms with E-state index in [2.05, 4.69) is 15.0 Å². The fourth-order valence-electron chi connectivity index (χ4n) is 3.20. The average Bonchev–Trinajstić information content (AvgIpc) is 3.19. The number of aromatic nitrogens is 4. The Hall–Kier alpha value is -3.01. The number of aryl methyl sites for hydroxylation is 1. The van der Waals surface area contributed by atoms with Crippen LogP contribution >= 0.6 is 11.3 Å². The second-order valence-electron chi connectivity index (χ2n) is 6.92. The zero-order valence-electron chi connectivity index (χ0n) is 16.1. The van der Waals surface area contributed by atoms with E-state index in [0.29, 0.717) is 35.3 Å². The van der Waals surface area contributed by atoms with Crippen molar-refractivity contribution < 1.29 is 13.2 Å². The lowest BCUT2D eigenvalue weighted by Gasteiger charge is -2.26. The molecule has 0 N–H and O–H groups in total. The minimum atomic E-state index is -4.39. The Morgan fingerprint density at radius 3 is 2.63 bits per heavy atom. The number of alkyl halides is 3. The Bertz CT molecular complexity index is 1150. The van der Waals surface area contributed by atoms with Crippen molar-refractivity contribution in [2.45, 2.75) is 26.1 Å². The maximum absolute atomic E-state index is 12.7. The highest BCUT2D eigenvalue weighted by atomic mass is 32.1. The topological polar surface area (TPSA) is 63.9 Å². The van der Waals surface area contributed by atoms with Gasteiger partial charge >= 0.3 is 11.9 Å². The number of rotatable bonds is 4. The molecule has 10 heteroatoms. The fourth-order valence-corrected chi connectivity index (χ4v) is 4.07. The van der Waals surface area contributed by atoms with Crippen LogP contribution in [-0.4, -0.2) is 32.6 Å². The number of thiophene rings is 1. The summed E-state index contributed by atoms with van der Waals surface area (Å²) < 4.78 is 39.4. The number of nitrogens with zero attached hydrogens (tertiary/aromatic N) is 5. The molecule has 0 bridgehead atoms. The van der Waals surface area contributed by atoms with Gasteiger partial charge < -0.3 is 4.90 Å². The summed E-state index contributed by atoms with van der Waals surface area (Å²) in [5.41, 5.74) is 2.49. The number of pyridine rings is 1. The van der Waals surface area contributed by atoms with Crippen molar-refractivity contribution in [2.75, 3.05) is 18.0 Å². The van der Waals surface area contributed by atoms with Crippen LogP contribution in [0.25, 0.3) is 5.57 Å². The molecule has 0 radical (unpaired) electrons. The van der Waals surface area contributed by atoms with E-state index in [4.69, 9.17) is 0 Å². The van der Waals surface area contributed by atoms with Crippen LogP contribution in [0.4, 0.5) is 19.1 Å². The van der Waals surface area contributed by atoms with E-state index in [9.17, 15) is 18.0 Å². The van der Waals surface area contributed by atoms with Crippen molar-refractivity contribution in [1.82, 2.24) is 19.5 Å². The highest BCUT2D eigenvalue weighted by molar-refractivity contribution is 7.12. The average molecular weight is 433 g/mol. The molecule has 0 saturated carbocycles. The van der Waals surface area contributed by atoms with Gasteiger partial charge in [-0.2, -0.15) is 18.2 Å². The predicted molar refractivity (Wildman–Crippen MR) is 108 cm³/mol. The standard InChI is InChI=1S/C20H18F3N5OS/c1-13-3-2-4-16(25-13)14-7-9-27(10-8-14)18-24-12-28(19(29)26-18)11-15-5-6-17(30-15)20(21,22)23/h2-7,12H,8-11H2,1H3. The molecule has 0 amide bonds. The van der Waals surface area contributed by atoms with E-state index in [1.807, 2.05) is 36.1 Å². The fraction of sp³-hybridized carbons (Fsp3) is 0.300. The Balaban J connectivity index is 1.46. The first-order chi connectivity index (χ1) is 14.3. The van der Waals surface area contributed by atoms with Gasteiger partial charge in [0.25, 0.3) is 0 Å². The highest BCUT2D eigenvalue weighted by Gasteiger charge is 2.32. The number of anilines is 1. The van der Waals surface area contributed by atoms with Crippen molar-refractivity contribution in [1.29, 1.82) is 0 Å². The molecule has 0 atom stereocenters. The lowest BCUT2D eigenvalue weighted by atomic mass is 10.0. The molecule has 30 heavy (non-hydrogen) atoms. The van der Waals surface area contributed by atoms with E-state index < -0.39 is 16.7 Å². The summed E-state index contributed by atoms with van der Waals surface area (Å²) in [7, 11) is 0. The summed E-state index contributed by atoms with van der Waals surface area (Å²) in [5, 5.41) is 0. The summed E-state index contributed by atoms with van der Waals surface area (Å²) in [5.74, 6) is 0.311. The summed E-state index contributed by atoms with van der Waals surface area (Å²) in [6.07, 6.45) is -0.259. The second kappa shape index (κ2) is 8.02. The van der Waals surface area contributed by atoms with E-state index in [0.717, 1.165) is 29.4 Å². The van der Waals surface area contributed by atoms with Crippen molar-refractivity contribution in [3.05, 3.63) is 74.4 Å². The van der Waals surface area contributed by atoms with Crippen LogP contribution in [-0.2, 0) is 12.7 Å². The molecule has 156 valence electrons. The molecule has 0 fully saturated rings. The molecule has 3 aromatic heterocycles. The Labute approximate surface area is 174 Å². The first-order valence-electron chi connectivity index (χ1n) is 9.27. The molecule has 3 aromatic rings. The highest BCUT2D eigenvalue weighted by Crippen LogP contribution is 2.34. The molecule has 0 aromatic carbocycles. The van der Waals surface area contributed by atoms with Gasteiger partial charge in [0.15, 0.2) is 0 Å². The van der Waals surface area contributed by atoms with Crippen LogP contribution in [0.1, 0.15) is 27.6 Å². The van der Waals surface area contributed by atoms with Crippen LogP contribution in [0.5, 0.6) is 0 Å². The molecule has 0 unspecified atom stereocenters. The maximum Gasteiger partial charge on any atom is 0.425 e. The number of hydrogen-bond donors (Lipinski definition) is 0.